The second kappa shape index (κ2) is 5.72. The monoisotopic (exact) mass is 283 g/mol. The van der Waals surface area contributed by atoms with Crippen LogP contribution in [0.3, 0.4) is 0 Å². The number of amides is 1. The van der Waals surface area contributed by atoms with Gasteiger partial charge < -0.3 is 10.4 Å². The van der Waals surface area contributed by atoms with Gasteiger partial charge in [0.1, 0.15) is 5.82 Å². The Labute approximate surface area is 116 Å². The molecular formula is C14H15ClFNO2. The number of hydrogen-bond acceptors (Lipinski definition) is 2. The van der Waals surface area contributed by atoms with Gasteiger partial charge in [-0.3, -0.25) is 4.79 Å². The van der Waals surface area contributed by atoms with Crippen molar-refractivity contribution in [2.45, 2.75) is 24.9 Å². The van der Waals surface area contributed by atoms with Crippen LogP contribution in [0.1, 0.15) is 24.8 Å². The molecule has 1 aromatic carbocycles. The molecule has 1 aromatic rings. The Morgan fingerprint density at radius 1 is 1.53 bits per heavy atom. The predicted molar refractivity (Wildman–Crippen MR) is 72.3 cm³/mol. The smallest absolute Gasteiger partial charge is 0.244 e. The summed E-state index contributed by atoms with van der Waals surface area (Å²) in [5.74, 6) is -0.781. The Morgan fingerprint density at radius 2 is 2.26 bits per heavy atom. The summed E-state index contributed by atoms with van der Waals surface area (Å²) in [4.78, 5) is 11.5. The van der Waals surface area contributed by atoms with Gasteiger partial charge in [0.2, 0.25) is 5.91 Å². The first kappa shape index (κ1) is 14.0. The number of nitrogens with one attached hydrogen (secondary N) is 1. The summed E-state index contributed by atoms with van der Waals surface area (Å²) in [5, 5.41) is 12.5. The Bertz CT molecular complexity index is 512. The zero-order valence-electron chi connectivity index (χ0n) is 10.3. The van der Waals surface area contributed by atoms with Crippen LogP contribution in [0.5, 0.6) is 0 Å². The Balaban J connectivity index is 1.87. The second-order valence-electron chi connectivity index (χ2n) is 4.80. The van der Waals surface area contributed by atoms with Crippen LogP contribution < -0.4 is 5.32 Å². The third kappa shape index (κ3) is 3.78. The molecule has 2 rings (SSSR count). The van der Waals surface area contributed by atoms with Gasteiger partial charge in [-0.25, -0.2) is 4.39 Å². The zero-order valence-corrected chi connectivity index (χ0v) is 11.1. The fourth-order valence-electron chi connectivity index (χ4n) is 1.86. The lowest BCUT2D eigenvalue weighted by Crippen LogP contribution is -2.47. The summed E-state index contributed by atoms with van der Waals surface area (Å²) < 4.78 is 12.9. The molecule has 0 aliphatic heterocycles. The molecule has 0 atom stereocenters. The number of carbonyl (C=O) groups excluding carboxylic acids is 1. The van der Waals surface area contributed by atoms with Crippen molar-refractivity contribution in [3.63, 3.8) is 0 Å². The van der Waals surface area contributed by atoms with Crippen LogP contribution in [0.15, 0.2) is 24.3 Å². The van der Waals surface area contributed by atoms with Crippen LogP contribution in [0.25, 0.3) is 6.08 Å². The van der Waals surface area contributed by atoms with Gasteiger partial charge in [-0.15, -0.1) is 0 Å². The molecule has 5 heteroatoms. The molecule has 1 amide bonds. The first-order valence-corrected chi connectivity index (χ1v) is 6.50. The van der Waals surface area contributed by atoms with E-state index in [1.807, 2.05) is 0 Å². The van der Waals surface area contributed by atoms with Gasteiger partial charge in [-0.2, -0.15) is 0 Å². The summed E-state index contributed by atoms with van der Waals surface area (Å²) in [7, 11) is 0. The van der Waals surface area contributed by atoms with Crippen molar-refractivity contribution in [3.8, 4) is 0 Å². The van der Waals surface area contributed by atoms with Crippen molar-refractivity contribution in [1.29, 1.82) is 0 Å². The molecule has 0 bridgehead atoms. The van der Waals surface area contributed by atoms with Gasteiger partial charge in [0.05, 0.1) is 10.6 Å². The molecule has 1 aliphatic carbocycles. The first-order chi connectivity index (χ1) is 8.98. The summed E-state index contributed by atoms with van der Waals surface area (Å²) >= 11 is 5.63. The van der Waals surface area contributed by atoms with Crippen molar-refractivity contribution in [1.82, 2.24) is 5.32 Å². The molecule has 1 fully saturated rings. The Morgan fingerprint density at radius 3 is 2.84 bits per heavy atom. The molecule has 3 nitrogen and oxygen atoms in total. The number of rotatable bonds is 4. The van der Waals surface area contributed by atoms with Crippen molar-refractivity contribution in [3.05, 3.63) is 40.7 Å². The maximum absolute atomic E-state index is 12.9. The van der Waals surface area contributed by atoms with Crippen molar-refractivity contribution in [2.24, 2.45) is 0 Å². The molecule has 0 heterocycles. The van der Waals surface area contributed by atoms with Gasteiger partial charge in [0.15, 0.2) is 0 Å². The molecule has 1 aliphatic rings. The van der Waals surface area contributed by atoms with E-state index in [4.69, 9.17) is 11.6 Å². The van der Waals surface area contributed by atoms with Crippen LogP contribution >= 0.6 is 11.6 Å². The molecule has 0 spiro atoms. The molecule has 0 radical (unpaired) electrons. The molecule has 19 heavy (non-hydrogen) atoms. The highest BCUT2D eigenvalue weighted by Crippen LogP contribution is 2.30. The van der Waals surface area contributed by atoms with Crippen molar-refractivity contribution in [2.75, 3.05) is 6.54 Å². The van der Waals surface area contributed by atoms with E-state index in [1.54, 1.807) is 6.08 Å². The van der Waals surface area contributed by atoms with E-state index in [-0.39, 0.29) is 17.5 Å². The highest BCUT2D eigenvalue weighted by Gasteiger charge is 2.34. The molecule has 2 N–H and O–H groups in total. The number of benzene rings is 1. The Hall–Kier alpha value is -1.39. The van der Waals surface area contributed by atoms with Gasteiger partial charge in [-0.05, 0) is 43.0 Å². The van der Waals surface area contributed by atoms with E-state index in [0.29, 0.717) is 5.56 Å². The third-order valence-electron chi connectivity index (χ3n) is 3.25. The van der Waals surface area contributed by atoms with E-state index >= 15 is 0 Å². The van der Waals surface area contributed by atoms with Crippen LogP contribution in [0.2, 0.25) is 5.02 Å². The van der Waals surface area contributed by atoms with Crippen LogP contribution in [-0.4, -0.2) is 23.2 Å². The minimum absolute atomic E-state index is 0.0198. The summed E-state index contributed by atoms with van der Waals surface area (Å²) in [6.45, 7) is 0.264. The number of hydrogen-bond donors (Lipinski definition) is 2. The predicted octanol–water partition coefficient (Wildman–Crippen LogP) is 2.52. The number of halogens is 2. The van der Waals surface area contributed by atoms with Gasteiger partial charge >= 0.3 is 0 Å². The summed E-state index contributed by atoms with van der Waals surface area (Å²) in [6.07, 6.45) is 5.34. The van der Waals surface area contributed by atoms with Crippen LogP contribution in [0, 0.1) is 5.82 Å². The molecular weight excluding hydrogens is 269 g/mol. The maximum Gasteiger partial charge on any atom is 0.244 e. The second-order valence-corrected chi connectivity index (χ2v) is 5.21. The fraction of sp³-hybridized carbons (Fsp3) is 0.357. The molecule has 102 valence electrons. The standard InChI is InChI=1S/C14H15ClFNO2/c15-11-8-10(2-4-12(11)16)3-5-13(18)17-9-14(19)6-1-7-14/h2-5,8,19H,1,6-7,9H2,(H,17,18)/b5-3+. The van der Waals surface area contributed by atoms with E-state index in [0.717, 1.165) is 19.3 Å². The normalized spacial score (nSPS) is 17.2. The molecule has 0 aromatic heterocycles. The number of aliphatic hydroxyl groups is 1. The Kier molecular flexibility index (Phi) is 4.22. The zero-order chi connectivity index (χ0) is 13.9. The molecule has 1 saturated carbocycles. The van der Waals surface area contributed by atoms with Crippen LogP contribution in [-0.2, 0) is 4.79 Å². The third-order valence-corrected chi connectivity index (χ3v) is 3.54. The summed E-state index contributed by atoms with van der Waals surface area (Å²) in [5.41, 5.74) is -0.0909. The van der Waals surface area contributed by atoms with E-state index in [9.17, 15) is 14.3 Å². The van der Waals surface area contributed by atoms with Crippen molar-refractivity contribution < 1.29 is 14.3 Å². The van der Waals surface area contributed by atoms with Gasteiger partial charge in [0, 0.05) is 12.6 Å². The molecule has 0 unspecified atom stereocenters. The minimum atomic E-state index is -0.733. The van der Waals surface area contributed by atoms with E-state index < -0.39 is 11.4 Å². The fourth-order valence-corrected chi connectivity index (χ4v) is 2.05. The average Bonchev–Trinajstić information content (AvgIpc) is 2.35. The highest BCUT2D eigenvalue weighted by atomic mass is 35.5. The van der Waals surface area contributed by atoms with Gasteiger partial charge in [0.25, 0.3) is 0 Å². The largest absolute Gasteiger partial charge is 0.388 e. The maximum atomic E-state index is 12.9. The van der Waals surface area contributed by atoms with Gasteiger partial charge in [-0.1, -0.05) is 17.7 Å². The lowest BCUT2D eigenvalue weighted by Gasteiger charge is -2.36. The highest BCUT2D eigenvalue weighted by molar-refractivity contribution is 6.30. The SMILES string of the molecule is O=C(/C=C/c1ccc(F)c(Cl)c1)NCC1(O)CCC1. The molecule has 0 saturated heterocycles. The average molecular weight is 284 g/mol. The summed E-state index contributed by atoms with van der Waals surface area (Å²) in [6, 6.07) is 4.22. The lowest BCUT2D eigenvalue weighted by molar-refractivity contribution is -0.118. The number of carbonyl (C=O) groups is 1. The lowest BCUT2D eigenvalue weighted by atomic mass is 9.80. The van der Waals surface area contributed by atoms with Crippen molar-refractivity contribution >= 4 is 23.6 Å². The topological polar surface area (TPSA) is 49.3 Å². The van der Waals surface area contributed by atoms with E-state index in [1.165, 1.54) is 24.3 Å². The quantitative estimate of drug-likeness (QED) is 0.834. The van der Waals surface area contributed by atoms with Crippen LogP contribution in [0.4, 0.5) is 4.39 Å². The minimum Gasteiger partial charge on any atom is -0.388 e. The van der Waals surface area contributed by atoms with E-state index in [2.05, 4.69) is 5.32 Å². The first-order valence-electron chi connectivity index (χ1n) is 6.12.